The van der Waals surface area contributed by atoms with E-state index in [-0.39, 0.29) is 29.6 Å². The van der Waals surface area contributed by atoms with Crippen LogP contribution in [0.25, 0.3) is 0 Å². The first-order valence-electron chi connectivity index (χ1n) is 8.91. The highest BCUT2D eigenvalue weighted by atomic mass is 16.5. The van der Waals surface area contributed by atoms with Gasteiger partial charge in [-0.15, -0.1) is 0 Å². The molecular weight excluding hydrogens is 352 g/mol. The lowest BCUT2D eigenvalue weighted by Crippen LogP contribution is -2.36. The molecule has 1 aromatic carbocycles. The Morgan fingerprint density at radius 3 is 2.48 bits per heavy atom. The Balaban J connectivity index is 1.74. The minimum atomic E-state index is -0.699. The zero-order valence-electron chi connectivity index (χ0n) is 15.3. The fourth-order valence-corrected chi connectivity index (χ4v) is 2.93. The number of carbonyl (C=O) groups is 4. The standard InChI is InChI=1S/C19H24N2O6/c1-26-19(25)14-9-5-6-10-15(14)21-16(22)12-27-17(23)11-20-18(24)13-7-3-2-4-8-13/h5-6,9-10,13H,2-4,7-8,11-12H2,1H3,(H,20,24)(H,21,22). The second kappa shape index (κ2) is 10.3. The monoisotopic (exact) mass is 376 g/mol. The Morgan fingerprint density at radius 1 is 1.07 bits per heavy atom. The van der Waals surface area contributed by atoms with E-state index in [9.17, 15) is 19.2 Å². The molecule has 1 aromatic rings. The molecule has 0 spiro atoms. The van der Waals surface area contributed by atoms with Crippen LogP contribution in [0.1, 0.15) is 42.5 Å². The van der Waals surface area contributed by atoms with E-state index in [1.54, 1.807) is 12.1 Å². The van der Waals surface area contributed by atoms with Gasteiger partial charge in [0, 0.05) is 5.92 Å². The fourth-order valence-electron chi connectivity index (χ4n) is 2.93. The van der Waals surface area contributed by atoms with Crippen molar-refractivity contribution in [3.05, 3.63) is 29.8 Å². The van der Waals surface area contributed by atoms with E-state index >= 15 is 0 Å². The molecule has 8 nitrogen and oxygen atoms in total. The van der Waals surface area contributed by atoms with Gasteiger partial charge in [-0.05, 0) is 25.0 Å². The minimum absolute atomic E-state index is 0.0512. The molecule has 8 heteroatoms. The Labute approximate surface area is 157 Å². The van der Waals surface area contributed by atoms with Crippen molar-refractivity contribution >= 4 is 29.4 Å². The highest BCUT2D eigenvalue weighted by molar-refractivity contribution is 6.01. The molecule has 0 aliphatic heterocycles. The van der Waals surface area contributed by atoms with Crippen LogP contribution in [0.3, 0.4) is 0 Å². The number of ether oxygens (including phenoxy) is 2. The number of carbonyl (C=O) groups excluding carboxylic acids is 4. The third-order valence-electron chi connectivity index (χ3n) is 4.35. The number of hydrogen-bond acceptors (Lipinski definition) is 6. The molecule has 0 unspecified atom stereocenters. The van der Waals surface area contributed by atoms with Gasteiger partial charge in [-0.25, -0.2) is 4.79 Å². The maximum Gasteiger partial charge on any atom is 0.339 e. The maximum absolute atomic E-state index is 12.0. The predicted molar refractivity (Wildman–Crippen MR) is 97.0 cm³/mol. The number of anilines is 1. The van der Waals surface area contributed by atoms with E-state index in [1.165, 1.54) is 19.2 Å². The topological polar surface area (TPSA) is 111 Å². The second-order valence-electron chi connectivity index (χ2n) is 6.30. The average Bonchev–Trinajstić information content (AvgIpc) is 2.71. The van der Waals surface area contributed by atoms with Gasteiger partial charge in [0.2, 0.25) is 5.91 Å². The van der Waals surface area contributed by atoms with E-state index in [2.05, 4.69) is 15.4 Å². The number of benzene rings is 1. The van der Waals surface area contributed by atoms with Crippen molar-refractivity contribution in [3.63, 3.8) is 0 Å². The van der Waals surface area contributed by atoms with E-state index in [4.69, 9.17) is 4.74 Å². The molecule has 1 saturated carbocycles. The summed E-state index contributed by atoms with van der Waals surface area (Å²) < 4.78 is 9.50. The summed E-state index contributed by atoms with van der Waals surface area (Å²) in [5.41, 5.74) is 0.454. The molecule has 2 N–H and O–H groups in total. The van der Waals surface area contributed by atoms with Crippen molar-refractivity contribution in [2.45, 2.75) is 32.1 Å². The van der Waals surface area contributed by atoms with Crippen LogP contribution in [0.2, 0.25) is 0 Å². The summed E-state index contributed by atoms with van der Waals surface area (Å²) in [6.07, 6.45) is 4.86. The summed E-state index contributed by atoms with van der Waals surface area (Å²) >= 11 is 0. The Bertz CT molecular complexity index is 697. The zero-order valence-corrected chi connectivity index (χ0v) is 15.3. The summed E-state index contributed by atoms with van der Waals surface area (Å²) in [4.78, 5) is 47.3. The first-order valence-corrected chi connectivity index (χ1v) is 8.91. The Morgan fingerprint density at radius 2 is 1.78 bits per heavy atom. The third kappa shape index (κ3) is 6.40. The van der Waals surface area contributed by atoms with Crippen LogP contribution in [0.5, 0.6) is 0 Å². The van der Waals surface area contributed by atoms with Gasteiger partial charge in [0.25, 0.3) is 5.91 Å². The third-order valence-corrected chi connectivity index (χ3v) is 4.35. The number of methoxy groups -OCH3 is 1. The van der Waals surface area contributed by atoms with Gasteiger partial charge in [-0.1, -0.05) is 31.4 Å². The van der Waals surface area contributed by atoms with Gasteiger partial charge in [-0.3, -0.25) is 14.4 Å². The Kier molecular flexibility index (Phi) is 7.79. The van der Waals surface area contributed by atoms with Crippen LogP contribution < -0.4 is 10.6 Å². The molecule has 1 fully saturated rings. The molecule has 2 rings (SSSR count). The molecule has 0 bridgehead atoms. The number of nitrogens with one attached hydrogen (secondary N) is 2. The number of hydrogen-bond donors (Lipinski definition) is 2. The summed E-state index contributed by atoms with van der Waals surface area (Å²) in [6.45, 7) is -0.797. The fraction of sp³-hybridized carbons (Fsp3) is 0.474. The highest BCUT2D eigenvalue weighted by Gasteiger charge is 2.21. The molecule has 0 radical (unpaired) electrons. The van der Waals surface area contributed by atoms with Crippen molar-refractivity contribution in [1.82, 2.24) is 5.32 Å². The lowest BCUT2D eigenvalue weighted by Gasteiger charge is -2.20. The molecule has 0 heterocycles. The number of rotatable bonds is 7. The normalized spacial score (nSPS) is 14.1. The van der Waals surface area contributed by atoms with Crippen molar-refractivity contribution in [2.75, 3.05) is 25.6 Å². The smallest absolute Gasteiger partial charge is 0.339 e. The van der Waals surface area contributed by atoms with Crippen molar-refractivity contribution in [2.24, 2.45) is 5.92 Å². The molecule has 27 heavy (non-hydrogen) atoms. The summed E-state index contributed by atoms with van der Waals surface area (Å²) in [7, 11) is 1.24. The number of para-hydroxylation sites is 1. The predicted octanol–water partition coefficient (Wildman–Crippen LogP) is 1.65. The van der Waals surface area contributed by atoms with Crippen LogP contribution in [0.15, 0.2) is 24.3 Å². The average molecular weight is 376 g/mol. The zero-order chi connectivity index (χ0) is 19.6. The van der Waals surface area contributed by atoms with E-state index in [1.807, 2.05) is 0 Å². The van der Waals surface area contributed by atoms with E-state index < -0.39 is 24.5 Å². The van der Waals surface area contributed by atoms with Gasteiger partial charge in [0.15, 0.2) is 6.61 Å². The quantitative estimate of drug-likeness (QED) is 0.700. The minimum Gasteiger partial charge on any atom is -0.465 e. The molecular formula is C19H24N2O6. The van der Waals surface area contributed by atoms with E-state index in [0.717, 1.165) is 32.1 Å². The summed E-state index contributed by atoms with van der Waals surface area (Å²) in [5, 5.41) is 5.04. The van der Waals surface area contributed by atoms with Crippen LogP contribution in [-0.4, -0.2) is 44.0 Å². The molecule has 2 amide bonds. The summed E-state index contributed by atoms with van der Waals surface area (Å²) in [5.74, 6) is -2.09. The largest absolute Gasteiger partial charge is 0.465 e. The lowest BCUT2D eigenvalue weighted by molar-refractivity contribution is -0.147. The van der Waals surface area contributed by atoms with Crippen LogP contribution in [-0.2, 0) is 23.9 Å². The van der Waals surface area contributed by atoms with Gasteiger partial charge < -0.3 is 20.1 Å². The van der Waals surface area contributed by atoms with Gasteiger partial charge in [0.05, 0.1) is 18.4 Å². The van der Waals surface area contributed by atoms with Crippen molar-refractivity contribution < 1.29 is 28.7 Å². The van der Waals surface area contributed by atoms with Crippen molar-refractivity contribution in [3.8, 4) is 0 Å². The van der Waals surface area contributed by atoms with Gasteiger partial charge >= 0.3 is 11.9 Å². The van der Waals surface area contributed by atoms with Gasteiger partial charge in [-0.2, -0.15) is 0 Å². The maximum atomic E-state index is 12.0. The van der Waals surface area contributed by atoms with Crippen LogP contribution in [0, 0.1) is 5.92 Å². The van der Waals surface area contributed by atoms with Crippen LogP contribution >= 0.6 is 0 Å². The molecule has 1 aliphatic carbocycles. The van der Waals surface area contributed by atoms with Crippen LogP contribution in [0.4, 0.5) is 5.69 Å². The first kappa shape index (κ1) is 20.4. The Hall–Kier alpha value is -2.90. The van der Waals surface area contributed by atoms with Gasteiger partial charge in [0.1, 0.15) is 6.54 Å². The second-order valence-corrected chi connectivity index (χ2v) is 6.30. The van der Waals surface area contributed by atoms with Crippen molar-refractivity contribution in [1.29, 1.82) is 0 Å². The molecule has 0 atom stereocenters. The SMILES string of the molecule is COC(=O)c1ccccc1NC(=O)COC(=O)CNC(=O)C1CCCCC1. The first-order chi connectivity index (χ1) is 13.0. The highest BCUT2D eigenvalue weighted by Crippen LogP contribution is 2.23. The molecule has 0 saturated heterocycles. The van der Waals surface area contributed by atoms with E-state index in [0.29, 0.717) is 0 Å². The number of esters is 2. The lowest BCUT2D eigenvalue weighted by atomic mass is 9.89. The summed E-state index contributed by atoms with van der Waals surface area (Å²) in [6, 6.07) is 6.33. The number of amides is 2. The molecule has 0 aromatic heterocycles. The molecule has 1 aliphatic rings. The molecule has 146 valence electrons.